The van der Waals surface area contributed by atoms with Crippen LogP contribution < -0.4 is 5.56 Å². The number of amides is 1. The number of ketones is 1. The molecule has 5 rings (SSSR count). The summed E-state index contributed by atoms with van der Waals surface area (Å²) in [7, 11) is 1.55. The Hall–Kier alpha value is -4.06. The van der Waals surface area contributed by atoms with Crippen LogP contribution in [0.25, 0.3) is 21.9 Å². The van der Waals surface area contributed by atoms with Gasteiger partial charge in [-0.25, -0.2) is 4.68 Å². The molecule has 0 radical (unpaired) electrons. The first-order valence-corrected chi connectivity index (χ1v) is 11.5. The van der Waals surface area contributed by atoms with Crippen LogP contribution in [0, 0.1) is 5.92 Å². The van der Waals surface area contributed by atoms with Gasteiger partial charge in [-0.15, -0.1) is 0 Å². The van der Waals surface area contributed by atoms with E-state index < -0.39 is 0 Å². The van der Waals surface area contributed by atoms with Gasteiger partial charge in [-0.2, -0.15) is 5.10 Å². The summed E-state index contributed by atoms with van der Waals surface area (Å²) in [5.41, 5.74) is 2.83. The van der Waals surface area contributed by atoms with Crippen molar-refractivity contribution < 1.29 is 9.59 Å². The summed E-state index contributed by atoms with van der Waals surface area (Å²) >= 11 is 0. The number of nitrogens with zero attached hydrogens (tertiary/aromatic N) is 3. The average molecular weight is 452 g/mol. The summed E-state index contributed by atoms with van der Waals surface area (Å²) in [6, 6.07) is 24.7. The normalized spacial score (nSPS) is 15.9. The summed E-state index contributed by atoms with van der Waals surface area (Å²) in [4.78, 5) is 40.8. The van der Waals surface area contributed by atoms with E-state index in [9.17, 15) is 14.4 Å². The molecule has 1 aliphatic heterocycles. The van der Waals surface area contributed by atoms with Crippen molar-refractivity contribution in [1.29, 1.82) is 0 Å². The molecule has 0 N–H and O–H groups in total. The van der Waals surface area contributed by atoms with Crippen molar-refractivity contribution in [3.8, 4) is 11.1 Å². The molecule has 1 saturated heterocycles. The molecule has 1 amide bonds. The van der Waals surface area contributed by atoms with Crippen LogP contribution in [0.5, 0.6) is 0 Å². The Balaban J connectivity index is 1.37. The van der Waals surface area contributed by atoms with E-state index in [1.54, 1.807) is 36.2 Å². The van der Waals surface area contributed by atoms with Gasteiger partial charge in [0.1, 0.15) is 0 Å². The van der Waals surface area contributed by atoms with Crippen molar-refractivity contribution in [3.05, 3.63) is 100 Å². The third-order valence-corrected chi connectivity index (χ3v) is 6.52. The number of hydrogen-bond acceptors (Lipinski definition) is 4. The molecule has 0 unspecified atom stereocenters. The molecule has 2 heterocycles. The van der Waals surface area contributed by atoms with Crippen molar-refractivity contribution in [2.75, 3.05) is 13.1 Å². The standard InChI is InChI=1S/C28H25N3O3/c1-30-27(33)24-12-6-5-11-23(24)25(29-30)28(34)31-17-7-10-22(18-31)26(32)21-15-13-20(14-16-21)19-8-3-2-4-9-19/h2-6,8-9,11-16,22H,7,10,17-18H2,1H3/t22-/m1/s1. The Kier molecular flexibility index (Phi) is 5.80. The van der Waals surface area contributed by atoms with Gasteiger partial charge in [-0.3, -0.25) is 14.4 Å². The first kappa shape index (κ1) is 21.8. The van der Waals surface area contributed by atoms with Crippen molar-refractivity contribution in [1.82, 2.24) is 14.7 Å². The van der Waals surface area contributed by atoms with Gasteiger partial charge in [-0.1, -0.05) is 72.8 Å². The smallest absolute Gasteiger partial charge is 0.274 e. The van der Waals surface area contributed by atoms with E-state index >= 15 is 0 Å². The second-order valence-corrected chi connectivity index (χ2v) is 8.72. The molecular weight excluding hydrogens is 426 g/mol. The summed E-state index contributed by atoms with van der Waals surface area (Å²) in [5, 5.41) is 5.28. The Bertz CT molecular complexity index is 1430. The molecular formula is C28H25N3O3. The molecule has 1 aromatic heterocycles. The molecule has 6 nitrogen and oxygen atoms in total. The first-order chi connectivity index (χ1) is 16.5. The van der Waals surface area contributed by atoms with E-state index in [0.717, 1.165) is 24.0 Å². The number of carbonyl (C=O) groups excluding carboxylic acids is 2. The zero-order valence-corrected chi connectivity index (χ0v) is 19.0. The maximum atomic E-state index is 13.4. The van der Waals surface area contributed by atoms with Gasteiger partial charge in [0.25, 0.3) is 11.5 Å². The van der Waals surface area contributed by atoms with Crippen LogP contribution in [0.3, 0.4) is 0 Å². The lowest BCUT2D eigenvalue weighted by Crippen LogP contribution is -2.43. The predicted octanol–water partition coefficient (Wildman–Crippen LogP) is 4.34. The fourth-order valence-electron chi connectivity index (χ4n) is 4.68. The van der Waals surface area contributed by atoms with Crippen LogP contribution in [0.4, 0.5) is 0 Å². The first-order valence-electron chi connectivity index (χ1n) is 11.5. The molecule has 34 heavy (non-hydrogen) atoms. The monoisotopic (exact) mass is 451 g/mol. The second-order valence-electron chi connectivity index (χ2n) is 8.72. The van der Waals surface area contributed by atoms with Crippen LogP contribution in [0.1, 0.15) is 33.7 Å². The second kappa shape index (κ2) is 9.06. The minimum atomic E-state index is -0.265. The highest BCUT2D eigenvalue weighted by molar-refractivity contribution is 6.05. The van der Waals surface area contributed by atoms with Crippen molar-refractivity contribution >= 4 is 22.5 Å². The van der Waals surface area contributed by atoms with E-state index in [4.69, 9.17) is 0 Å². The number of hydrogen-bond donors (Lipinski definition) is 0. The van der Waals surface area contributed by atoms with Gasteiger partial charge in [-0.05, 0) is 30.0 Å². The number of fused-ring (bicyclic) bond motifs is 1. The molecule has 0 saturated carbocycles. The zero-order chi connectivity index (χ0) is 23.7. The van der Waals surface area contributed by atoms with E-state index in [0.29, 0.717) is 29.4 Å². The maximum Gasteiger partial charge on any atom is 0.274 e. The number of aromatic nitrogens is 2. The maximum absolute atomic E-state index is 13.4. The van der Waals surface area contributed by atoms with Crippen molar-refractivity contribution in [3.63, 3.8) is 0 Å². The van der Waals surface area contributed by atoms with Gasteiger partial charge in [0.05, 0.1) is 5.39 Å². The number of piperidine rings is 1. The lowest BCUT2D eigenvalue weighted by molar-refractivity contribution is 0.0632. The quantitative estimate of drug-likeness (QED) is 0.433. The summed E-state index contributed by atoms with van der Waals surface area (Å²) in [5.74, 6) is -0.460. The highest BCUT2D eigenvalue weighted by Crippen LogP contribution is 2.25. The predicted molar refractivity (Wildman–Crippen MR) is 132 cm³/mol. The van der Waals surface area contributed by atoms with Crippen LogP contribution in [0.2, 0.25) is 0 Å². The Morgan fingerprint density at radius 3 is 2.24 bits per heavy atom. The molecule has 170 valence electrons. The van der Waals surface area contributed by atoms with Crippen LogP contribution in [-0.2, 0) is 7.05 Å². The Morgan fingerprint density at radius 1 is 0.853 bits per heavy atom. The van der Waals surface area contributed by atoms with Crippen LogP contribution >= 0.6 is 0 Å². The molecule has 0 spiro atoms. The average Bonchev–Trinajstić information content (AvgIpc) is 2.90. The van der Waals surface area contributed by atoms with Crippen LogP contribution in [0.15, 0.2) is 83.7 Å². The SMILES string of the molecule is Cn1nc(C(=O)N2CCC[C@@H](C(=O)c3ccc(-c4ccccc4)cc3)C2)c2ccccc2c1=O. The third-order valence-electron chi connectivity index (χ3n) is 6.52. The Labute approximate surface area is 197 Å². The van der Waals surface area contributed by atoms with Gasteiger partial charge in [0, 0.05) is 37.0 Å². The van der Waals surface area contributed by atoms with Gasteiger partial charge >= 0.3 is 0 Å². The number of benzene rings is 3. The summed E-state index contributed by atoms with van der Waals surface area (Å²) < 4.78 is 1.20. The highest BCUT2D eigenvalue weighted by Gasteiger charge is 2.31. The molecule has 1 fully saturated rings. The molecule has 3 aromatic carbocycles. The highest BCUT2D eigenvalue weighted by atomic mass is 16.2. The number of carbonyl (C=O) groups is 2. The number of Topliss-reactive ketones (excluding diaryl/α,β-unsaturated/α-hetero) is 1. The largest absolute Gasteiger partial charge is 0.336 e. The summed E-state index contributed by atoms with van der Waals surface area (Å²) in [6.45, 7) is 0.908. The molecule has 1 atom stereocenters. The van der Waals surface area contributed by atoms with Crippen molar-refractivity contribution in [2.45, 2.75) is 12.8 Å². The lowest BCUT2D eigenvalue weighted by atomic mass is 9.89. The minimum Gasteiger partial charge on any atom is -0.336 e. The van der Waals surface area contributed by atoms with E-state index in [1.807, 2.05) is 54.6 Å². The third kappa shape index (κ3) is 4.03. The fourth-order valence-corrected chi connectivity index (χ4v) is 4.68. The minimum absolute atomic E-state index is 0.0513. The topological polar surface area (TPSA) is 72.3 Å². The number of aryl methyl sites for hydroxylation is 1. The molecule has 0 aliphatic carbocycles. The van der Waals surface area contributed by atoms with Crippen molar-refractivity contribution in [2.24, 2.45) is 13.0 Å². The molecule has 1 aliphatic rings. The Morgan fingerprint density at radius 2 is 1.50 bits per heavy atom. The number of likely N-dealkylation sites (tertiary alicyclic amines) is 1. The van der Waals surface area contributed by atoms with E-state index in [-0.39, 0.29) is 28.9 Å². The van der Waals surface area contributed by atoms with Gasteiger partial charge < -0.3 is 4.90 Å². The van der Waals surface area contributed by atoms with E-state index in [2.05, 4.69) is 5.10 Å². The van der Waals surface area contributed by atoms with E-state index in [1.165, 1.54) is 4.68 Å². The summed E-state index contributed by atoms with van der Waals surface area (Å²) in [6.07, 6.45) is 1.48. The lowest BCUT2D eigenvalue weighted by Gasteiger charge is -2.32. The molecule has 0 bridgehead atoms. The van der Waals surface area contributed by atoms with Gasteiger partial charge in [0.2, 0.25) is 0 Å². The van der Waals surface area contributed by atoms with Crippen LogP contribution in [-0.4, -0.2) is 39.5 Å². The zero-order valence-electron chi connectivity index (χ0n) is 19.0. The molecule has 6 heteroatoms. The number of rotatable bonds is 4. The molecule has 4 aromatic rings. The fraction of sp³-hybridized carbons (Fsp3) is 0.214. The van der Waals surface area contributed by atoms with Gasteiger partial charge in [0.15, 0.2) is 11.5 Å².